The smallest absolute Gasteiger partial charge is 0.0653 e. The molecule has 2 nitrogen and oxygen atoms in total. The highest BCUT2D eigenvalue weighted by atomic mass is 32.1. The number of fused-ring (bicyclic) bond motifs is 15. The van der Waals surface area contributed by atoms with Crippen molar-refractivity contribution in [1.82, 2.24) is 9.55 Å². The van der Waals surface area contributed by atoms with E-state index in [4.69, 9.17) is 0 Å². The second-order valence-corrected chi connectivity index (χ2v) is 13.9. The molecule has 220 valence electrons. The van der Waals surface area contributed by atoms with Crippen LogP contribution in [0, 0.1) is 0 Å². The maximum Gasteiger partial charge on any atom is 0.0653 e. The van der Waals surface area contributed by atoms with Crippen LogP contribution in [0.4, 0.5) is 0 Å². The van der Waals surface area contributed by atoms with E-state index in [2.05, 4.69) is 149 Å². The fraction of sp³-hybridized carbons (Fsp3) is 0.0455. The molecule has 0 saturated heterocycles. The predicted octanol–water partition coefficient (Wildman–Crippen LogP) is 12.6. The van der Waals surface area contributed by atoms with Gasteiger partial charge in [0.25, 0.3) is 0 Å². The van der Waals surface area contributed by atoms with Gasteiger partial charge in [-0.05, 0) is 87.5 Å². The molecule has 47 heavy (non-hydrogen) atoms. The summed E-state index contributed by atoms with van der Waals surface area (Å²) < 4.78 is 5.15. The minimum Gasteiger partial charge on any atom is -0.353 e. The van der Waals surface area contributed by atoms with Gasteiger partial charge in [0, 0.05) is 48.5 Å². The summed E-state index contributed by atoms with van der Waals surface area (Å²) in [7, 11) is 0. The molecule has 0 radical (unpaired) electrons. The third-order valence-electron chi connectivity index (χ3n) is 10.4. The molecule has 1 aliphatic carbocycles. The zero-order chi connectivity index (χ0) is 30.6. The van der Waals surface area contributed by atoms with Gasteiger partial charge in [0.15, 0.2) is 0 Å². The highest BCUT2D eigenvalue weighted by Crippen LogP contribution is 2.48. The summed E-state index contributed by atoms with van der Waals surface area (Å²) in [6.07, 6.45) is 6.80. The van der Waals surface area contributed by atoms with Crippen LogP contribution < -0.4 is 0 Å². The average Bonchev–Trinajstić information content (AvgIpc) is 3.82. The zero-order valence-corrected chi connectivity index (χ0v) is 26.4. The second kappa shape index (κ2) is 9.45. The first-order valence-electron chi connectivity index (χ1n) is 16.4. The Morgan fingerprint density at radius 1 is 0.574 bits per heavy atom. The van der Waals surface area contributed by atoms with E-state index in [0.717, 1.165) is 12.8 Å². The molecule has 0 aliphatic heterocycles. The van der Waals surface area contributed by atoms with Crippen molar-refractivity contribution in [2.45, 2.75) is 12.8 Å². The fourth-order valence-corrected chi connectivity index (χ4v) is 9.64. The topological polar surface area (TPSA) is 20.7 Å². The Balaban J connectivity index is 1.19. The van der Waals surface area contributed by atoms with Crippen LogP contribution in [-0.2, 0) is 6.42 Å². The third-order valence-corrected chi connectivity index (χ3v) is 11.6. The number of hydrogen-bond donors (Lipinski definition) is 1. The Kier molecular flexibility index (Phi) is 5.13. The molecule has 0 saturated carbocycles. The van der Waals surface area contributed by atoms with Crippen molar-refractivity contribution in [3.05, 3.63) is 145 Å². The minimum absolute atomic E-state index is 1.08. The van der Waals surface area contributed by atoms with Gasteiger partial charge in [0.2, 0.25) is 0 Å². The average molecular weight is 617 g/mol. The van der Waals surface area contributed by atoms with Crippen molar-refractivity contribution in [3.63, 3.8) is 0 Å². The first kappa shape index (κ1) is 25.5. The Labute approximate surface area is 274 Å². The van der Waals surface area contributed by atoms with E-state index < -0.39 is 0 Å². The van der Waals surface area contributed by atoms with Crippen LogP contribution in [0.2, 0.25) is 0 Å². The highest BCUT2D eigenvalue weighted by molar-refractivity contribution is 7.27. The van der Waals surface area contributed by atoms with E-state index in [1.165, 1.54) is 102 Å². The lowest BCUT2D eigenvalue weighted by Gasteiger charge is -2.12. The molecule has 10 aromatic rings. The quantitative estimate of drug-likeness (QED) is 0.199. The van der Waals surface area contributed by atoms with E-state index >= 15 is 0 Å². The first-order valence-corrected chi connectivity index (χ1v) is 17.2. The normalized spacial score (nSPS) is 13.3. The van der Waals surface area contributed by atoms with Crippen molar-refractivity contribution in [2.75, 3.05) is 0 Å². The number of allylic oxidation sites excluding steroid dienone is 1. The van der Waals surface area contributed by atoms with Crippen LogP contribution in [-0.4, -0.2) is 9.55 Å². The van der Waals surface area contributed by atoms with E-state index in [0.29, 0.717) is 0 Å². The van der Waals surface area contributed by atoms with Gasteiger partial charge in [-0.15, -0.1) is 11.3 Å². The van der Waals surface area contributed by atoms with Gasteiger partial charge < -0.3 is 9.55 Å². The summed E-state index contributed by atoms with van der Waals surface area (Å²) in [5, 5.41) is 11.9. The molecule has 3 heterocycles. The van der Waals surface area contributed by atoms with E-state index in [1.807, 2.05) is 11.3 Å². The lowest BCUT2D eigenvalue weighted by molar-refractivity contribution is 0.967. The molecule has 0 amide bonds. The summed E-state index contributed by atoms with van der Waals surface area (Å²) in [5.41, 5.74) is 10.1. The molecule has 0 atom stereocenters. The number of aryl methyl sites for hydroxylation is 1. The summed E-state index contributed by atoms with van der Waals surface area (Å²) in [6.45, 7) is 0. The number of nitrogens with zero attached hydrogens (tertiary/aromatic N) is 1. The lowest BCUT2D eigenvalue weighted by Crippen LogP contribution is -1.99. The Hall–Kier alpha value is -5.64. The summed E-state index contributed by atoms with van der Waals surface area (Å²) in [4.78, 5) is 3.89. The van der Waals surface area contributed by atoms with Crippen molar-refractivity contribution in [1.29, 1.82) is 0 Å². The Morgan fingerprint density at radius 3 is 2.21 bits per heavy atom. The van der Waals surface area contributed by atoms with Gasteiger partial charge in [-0.25, -0.2) is 0 Å². The number of hydrogen-bond acceptors (Lipinski definition) is 1. The van der Waals surface area contributed by atoms with Crippen LogP contribution in [0.15, 0.2) is 133 Å². The molecule has 11 rings (SSSR count). The maximum absolute atomic E-state index is 3.89. The SMILES string of the molecule is C1=Cc2c(c3ccc(-c4ccc5[nH]c6c7sc8c9ccccc9ccc8c7c7ccccc7c6c5c4)cc3n2-c2ccccc2)CC1. The number of para-hydroxylation sites is 1. The number of H-pyrrole nitrogens is 1. The number of thiophene rings is 1. The molecule has 3 heteroatoms. The van der Waals surface area contributed by atoms with Crippen molar-refractivity contribution in [3.8, 4) is 16.8 Å². The van der Waals surface area contributed by atoms with Gasteiger partial charge in [-0.2, -0.15) is 0 Å². The lowest BCUT2D eigenvalue weighted by atomic mass is 9.96. The Bertz CT molecular complexity index is 2950. The summed E-state index contributed by atoms with van der Waals surface area (Å²) >= 11 is 1.93. The van der Waals surface area contributed by atoms with Gasteiger partial charge in [0.1, 0.15) is 0 Å². The fourth-order valence-electron chi connectivity index (χ4n) is 8.28. The van der Waals surface area contributed by atoms with Crippen LogP contribution in [0.3, 0.4) is 0 Å². The predicted molar refractivity (Wildman–Crippen MR) is 203 cm³/mol. The standard InChI is InChI=1S/C44H28N2S/c1-2-11-29(12-3-1)46-38-17-9-8-14-31(38)32-21-19-28(25-39(32)46)27-20-23-37-36(24-27)40-33-15-6-7-16-34(33)41-35-22-18-26-10-4-5-13-30(26)43(35)47-44(41)42(40)45-37/h1-7,9-13,15-25,45H,8,14H2. The Morgan fingerprint density at radius 2 is 1.32 bits per heavy atom. The molecular weight excluding hydrogens is 589 g/mol. The second-order valence-electron chi connectivity index (χ2n) is 12.9. The molecule has 1 aliphatic rings. The number of rotatable bonds is 2. The van der Waals surface area contributed by atoms with Crippen LogP contribution >= 0.6 is 11.3 Å². The number of aromatic nitrogens is 2. The highest BCUT2D eigenvalue weighted by Gasteiger charge is 2.21. The number of benzene rings is 7. The van der Waals surface area contributed by atoms with Crippen LogP contribution in [0.1, 0.15) is 17.7 Å². The van der Waals surface area contributed by atoms with Crippen molar-refractivity contribution >= 4 is 91.8 Å². The number of aromatic amines is 1. The molecule has 0 fully saturated rings. The van der Waals surface area contributed by atoms with Gasteiger partial charge in [0.05, 0.1) is 15.7 Å². The van der Waals surface area contributed by atoms with Gasteiger partial charge in [-0.1, -0.05) is 103 Å². The number of nitrogens with one attached hydrogen (secondary N) is 1. The van der Waals surface area contributed by atoms with Crippen LogP contribution in [0.25, 0.3) is 97.3 Å². The van der Waals surface area contributed by atoms with Crippen LogP contribution in [0.5, 0.6) is 0 Å². The van der Waals surface area contributed by atoms with Crippen molar-refractivity contribution in [2.24, 2.45) is 0 Å². The van der Waals surface area contributed by atoms with E-state index in [9.17, 15) is 0 Å². The minimum atomic E-state index is 1.08. The molecule has 0 spiro atoms. The summed E-state index contributed by atoms with van der Waals surface area (Å²) in [6, 6.07) is 47.2. The maximum atomic E-state index is 3.89. The zero-order valence-electron chi connectivity index (χ0n) is 25.5. The molecule has 3 aromatic heterocycles. The molecule has 1 N–H and O–H groups in total. The van der Waals surface area contributed by atoms with Crippen molar-refractivity contribution < 1.29 is 0 Å². The first-order chi connectivity index (χ1) is 23.3. The van der Waals surface area contributed by atoms with E-state index in [1.54, 1.807) is 0 Å². The molecular formula is C44H28N2S. The van der Waals surface area contributed by atoms with Gasteiger partial charge >= 0.3 is 0 Å². The van der Waals surface area contributed by atoms with Gasteiger partial charge in [-0.3, -0.25) is 0 Å². The third kappa shape index (κ3) is 3.49. The monoisotopic (exact) mass is 616 g/mol. The van der Waals surface area contributed by atoms with E-state index in [-0.39, 0.29) is 0 Å². The summed E-state index contributed by atoms with van der Waals surface area (Å²) in [5.74, 6) is 0. The molecule has 0 bridgehead atoms. The molecule has 0 unspecified atom stereocenters. The largest absolute Gasteiger partial charge is 0.353 e. The molecule has 7 aromatic carbocycles.